The van der Waals surface area contributed by atoms with Crippen LogP contribution in [-0.4, -0.2) is 46.8 Å². The molecule has 3 rings (SSSR count). The molecule has 2 amide bonds. The third kappa shape index (κ3) is 5.36. The molecule has 1 aliphatic heterocycles. The van der Waals surface area contributed by atoms with Crippen molar-refractivity contribution in [1.29, 1.82) is 5.26 Å². The summed E-state index contributed by atoms with van der Waals surface area (Å²) < 4.78 is 27.0. The Bertz CT molecular complexity index is 1130. The van der Waals surface area contributed by atoms with Crippen LogP contribution in [0, 0.1) is 30.1 Å². The average Bonchev–Trinajstić information content (AvgIpc) is 3.06. The van der Waals surface area contributed by atoms with E-state index in [9.17, 15) is 18.4 Å². The predicted molar refractivity (Wildman–Crippen MR) is 109 cm³/mol. The first-order chi connectivity index (χ1) is 14.7. The highest BCUT2D eigenvalue weighted by atomic mass is 35.5. The zero-order valence-electron chi connectivity index (χ0n) is 16.5. The zero-order valence-corrected chi connectivity index (χ0v) is 17.2. The number of hydrogen-bond acceptors (Lipinski definition) is 4. The molecule has 2 aromatic rings. The molecule has 1 N–H and O–H groups in total. The molecule has 0 bridgehead atoms. The molecule has 0 saturated carbocycles. The fourth-order valence-corrected chi connectivity index (χ4v) is 3.37. The van der Waals surface area contributed by atoms with Crippen molar-refractivity contribution in [3.8, 4) is 17.9 Å². The van der Waals surface area contributed by atoms with Crippen molar-refractivity contribution in [3.05, 3.63) is 63.9 Å². The fourth-order valence-electron chi connectivity index (χ4n) is 3.14. The predicted octanol–water partition coefficient (Wildman–Crippen LogP) is 2.93. The van der Waals surface area contributed by atoms with Gasteiger partial charge in [0.05, 0.1) is 30.3 Å². The van der Waals surface area contributed by atoms with Gasteiger partial charge >= 0.3 is 0 Å². The van der Waals surface area contributed by atoms with Gasteiger partial charge in [-0.05, 0) is 36.8 Å². The second kappa shape index (κ2) is 9.11. The Morgan fingerprint density at radius 2 is 2.06 bits per heavy atom. The van der Waals surface area contributed by atoms with Gasteiger partial charge in [0.2, 0.25) is 5.91 Å². The minimum absolute atomic E-state index is 0.186. The van der Waals surface area contributed by atoms with Crippen LogP contribution in [0.2, 0.25) is 5.02 Å². The van der Waals surface area contributed by atoms with Crippen molar-refractivity contribution >= 4 is 23.4 Å². The van der Waals surface area contributed by atoms with Crippen LogP contribution in [0.15, 0.2) is 36.7 Å². The number of halogens is 3. The number of likely N-dealkylation sites (tertiary alicyclic amines) is 1. The molecule has 1 aliphatic rings. The number of benzene rings is 1. The molecule has 0 aliphatic carbocycles. The quantitative estimate of drug-likeness (QED) is 0.740. The van der Waals surface area contributed by atoms with Crippen molar-refractivity contribution in [2.45, 2.75) is 25.3 Å². The average molecular weight is 443 g/mol. The van der Waals surface area contributed by atoms with Gasteiger partial charge in [-0.1, -0.05) is 23.4 Å². The second-order valence-corrected chi connectivity index (χ2v) is 7.48. The topological polar surface area (TPSA) is 86.1 Å². The summed E-state index contributed by atoms with van der Waals surface area (Å²) in [5.41, 5.74) is 2.12. The Morgan fingerprint density at radius 3 is 2.77 bits per heavy atom. The van der Waals surface area contributed by atoms with Crippen molar-refractivity contribution in [2.24, 2.45) is 0 Å². The number of aromatic nitrogens is 1. The van der Waals surface area contributed by atoms with E-state index < -0.39 is 43.3 Å². The molecule has 9 heteroatoms. The fraction of sp³-hybridized carbons (Fsp3) is 0.273. The summed E-state index contributed by atoms with van der Waals surface area (Å²) in [5.74, 6) is 1.37. The summed E-state index contributed by atoms with van der Waals surface area (Å²) in [4.78, 5) is 29.6. The number of carbonyl (C=O) groups is 2. The molecule has 0 radical (unpaired) electrons. The highest BCUT2D eigenvalue weighted by molar-refractivity contribution is 6.30. The molecule has 1 fully saturated rings. The minimum Gasteiger partial charge on any atom is -0.343 e. The summed E-state index contributed by atoms with van der Waals surface area (Å²) in [6.07, 6.45) is 2.11. The number of aryl methyl sites for hydroxylation is 1. The highest BCUT2D eigenvalue weighted by Crippen LogP contribution is 2.31. The standard InChI is InChI=1S/C22H17ClF2N4O2/c1-14-8-17(23)5-4-15(14)2-3-16-11-27-7-6-19(16)21(31)28-12-20(30)29-13-22(24,25)9-18(29)10-26/h4-8,11,18H,9,12-13H2,1H3,(H,28,31)/t18-/m0/s1. The van der Waals surface area contributed by atoms with Gasteiger partial charge in [-0.15, -0.1) is 0 Å². The van der Waals surface area contributed by atoms with Crippen LogP contribution in [-0.2, 0) is 4.79 Å². The number of nitriles is 1. The number of amides is 2. The van der Waals surface area contributed by atoms with E-state index in [2.05, 4.69) is 22.1 Å². The Balaban J connectivity index is 1.72. The molecule has 0 spiro atoms. The number of nitrogens with one attached hydrogen (secondary N) is 1. The summed E-state index contributed by atoms with van der Waals surface area (Å²) in [5, 5.41) is 12.0. The second-order valence-electron chi connectivity index (χ2n) is 7.04. The van der Waals surface area contributed by atoms with Gasteiger partial charge in [0.1, 0.15) is 6.04 Å². The molecular weight excluding hydrogens is 426 g/mol. The van der Waals surface area contributed by atoms with Crippen molar-refractivity contribution in [2.75, 3.05) is 13.1 Å². The van der Waals surface area contributed by atoms with Gasteiger partial charge in [-0.25, -0.2) is 8.78 Å². The van der Waals surface area contributed by atoms with Gasteiger partial charge in [-0.3, -0.25) is 14.6 Å². The summed E-state index contributed by atoms with van der Waals surface area (Å²) in [7, 11) is 0. The first-order valence-electron chi connectivity index (χ1n) is 9.27. The van der Waals surface area contributed by atoms with E-state index in [1.807, 2.05) is 6.92 Å². The number of rotatable bonds is 3. The van der Waals surface area contributed by atoms with Gasteiger partial charge < -0.3 is 10.2 Å². The van der Waals surface area contributed by atoms with Gasteiger partial charge in [0.15, 0.2) is 0 Å². The lowest BCUT2D eigenvalue weighted by Crippen LogP contribution is -2.43. The Kier molecular flexibility index (Phi) is 6.53. The minimum atomic E-state index is -3.12. The molecule has 1 aromatic carbocycles. The smallest absolute Gasteiger partial charge is 0.268 e. The maximum atomic E-state index is 13.5. The third-order valence-corrected chi connectivity index (χ3v) is 4.96. The van der Waals surface area contributed by atoms with E-state index in [0.29, 0.717) is 10.6 Å². The van der Waals surface area contributed by atoms with Crippen LogP contribution < -0.4 is 5.32 Å². The third-order valence-electron chi connectivity index (χ3n) is 4.73. The Labute approximate surface area is 182 Å². The lowest BCUT2D eigenvalue weighted by molar-refractivity contribution is -0.131. The van der Waals surface area contributed by atoms with E-state index in [1.165, 1.54) is 18.5 Å². The number of nitrogens with zero attached hydrogens (tertiary/aromatic N) is 3. The van der Waals surface area contributed by atoms with Crippen LogP contribution in [0.4, 0.5) is 8.78 Å². The number of alkyl halides is 2. The first-order valence-corrected chi connectivity index (χ1v) is 9.65. The molecule has 2 heterocycles. The summed E-state index contributed by atoms with van der Waals surface area (Å²) in [6, 6.07) is 7.16. The lowest BCUT2D eigenvalue weighted by Gasteiger charge is -2.19. The highest BCUT2D eigenvalue weighted by Gasteiger charge is 2.47. The van der Waals surface area contributed by atoms with Crippen molar-refractivity contribution < 1.29 is 18.4 Å². The van der Waals surface area contributed by atoms with E-state index in [-0.39, 0.29) is 5.56 Å². The normalized spacial score (nSPS) is 16.7. The molecule has 158 valence electrons. The number of carbonyl (C=O) groups excluding carboxylic acids is 2. The van der Waals surface area contributed by atoms with Crippen LogP contribution in [0.25, 0.3) is 0 Å². The van der Waals surface area contributed by atoms with E-state index >= 15 is 0 Å². The van der Waals surface area contributed by atoms with E-state index in [4.69, 9.17) is 16.9 Å². The SMILES string of the molecule is Cc1cc(Cl)ccc1C#Cc1cnccc1C(=O)NCC(=O)N1CC(F)(F)C[C@H]1C#N. The molecule has 6 nitrogen and oxygen atoms in total. The first kappa shape index (κ1) is 22.2. The van der Waals surface area contributed by atoms with Crippen molar-refractivity contribution in [1.82, 2.24) is 15.2 Å². The van der Waals surface area contributed by atoms with Crippen LogP contribution in [0.5, 0.6) is 0 Å². The maximum Gasteiger partial charge on any atom is 0.268 e. The monoisotopic (exact) mass is 442 g/mol. The van der Waals surface area contributed by atoms with Crippen LogP contribution >= 0.6 is 11.6 Å². The molecule has 31 heavy (non-hydrogen) atoms. The summed E-state index contributed by atoms with van der Waals surface area (Å²) in [6.45, 7) is 0.500. The van der Waals surface area contributed by atoms with Gasteiger partial charge in [0, 0.05) is 29.4 Å². The van der Waals surface area contributed by atoms with E-state index in [1.54, 1.807) is 24.3 Å². The van der Waals surface area contributed by atoms with Crippen LogP contribution in [0.3, 0.4) is 0 Å². The lowest BCUT2D eigenvalue weighted by atomic mass is 10.1. The molecular formula is C22H17ClF2N4O2. The maximum absolute atomic E-state index is 13.5. The van der Waals surface area contributed by atoms with E-state index in [0.717, 1.165) is 16.0 Å². The number of pyridine rings is 1. The molecule has 1 aromatic heterocycles. The van der Waals surface area contributed by atoms with Gasteiger partial charge in [-0.2, -0.15) is 5.26 Å². The molecule has 0 unspecified atom stereocenters. The largest absolute Gasteiger partial charge is 0.343 e. The van der Waals surface area contributed by atoms with Crippen molar-refractivity contribution in [3.63, 3.8) is 0 Å². The summed E-state index contributed by atoms with van der Waals surface area (Å²) >= 11 is 5.94. The van der Waals surface area contributed by atoms with Crippen LogP contribution in [0.1, 0.15) is 33.5 Å². The van der Waals surface area contributed by atoms with Gasteiger partial charge in [0.25, 0.3) is 11.8 Å². The Morgan fingerprint density at radius 1 is 1.32 bits per heavy atom. The molecule has 1 atom stereocenters. The number of hydrogen-bond donors (Lipinski definition) is 1. The zero-order chi connectivity index (χ0) is 22.6. The molecule has 1 saturated heterocycles. The Hall–Kier alpha value is -3.49.